The molecular formula is C9H12BrN. The molecule has 60 valence electrons. The summed E-state index contributed by atoms with van der Waals surface area (Å²) in [5, 5.41) is 0. The summed E-state index contributed by atoms with van der Waals surface area (Å²) < 4.78 is 67.9. The van der Waals surface area contributed by atoms with E-state index in [9.17, 15) is 0 Å². The summed E-state index contributed by atoms with van der Waals surface area (Å²) in [6.07, 6.45) is -1.72. The SMILES string of the molecule is [2H]C([2H])([2H])C([2H])(C([2H])([2H])[2H])C([2H])([2H])c1ccnc(Br)c1. The lowest BCUT2D eigenvalue weighted by Gasteiger charge is -2.03. The van der Waals surface area contributed by atoms with Gasteiger partial charge in [0, 0.05) is 18.5 Å². The standard InChI is InChI=1S/C9H12BrN/c1-7(2)5-8-3-4-11-9(10)6-8/h3-4,6-7H,5H2,1-2H3/i1D3,2D3,5D2,7D. The van der Waals surface area contributed by atoms with Crippen LogP contribution in [0, 0.1) is 5.89 Å². The Morgan fingerprint density at radius 2 is 2.73 bits per heavy atom. The molecule has 0 amide bonds. The predicted octanol–water partition coefficient (Wildman–Crippen LogP) is 3.04. The minimum Gasteiger partial charge on any atom is -0.249 e. The molecule has 0 aliphatic rings. The van der Waals surface area contributed by atoms with Gasteiger partial charge in [0.25, 0.3) is 0 Å². The average Bonchev–Trinajstić information content (AvgIpc) is 2.24. The van der Waals surface area contributed by atoms with E-state index in [1.165, 1.54) is 12.3 Å². The maximum Gasteiger partial charge on any atom is 0.106 e. The molecule has 2 heteroatoms. The fourth-order valence-electron chi connectivity index (χ4n) is 0.625. The van der Waals surface area contributed by atoms with Gasteiger partial charge in [-0.15, -0.1) is 0 Å². The Hall–Kier alpha value is -0.370. The molecule has 0 fully saturated rings. The molecule has 1 nitrogen and oxygen atoms in total. The number of hydrogen-bond acceptors (Lipinski definition) is 1. The average molecular weight is 223 g/mol. The summed E-state index contributed by atoms with van der Waals surface area (Å²) in [4.78, 5) is 3.77. The molecule has 0 unspecified atom stereocenters. The number of aromatic nitrogens is 1. The first-order valence-electron chi connectivity index (χ1n) is 7.37. The molecular weight excluding hydrogens is 202 g/mol. The van der Waals surface area contributed by atoms with Crippen LogP contribution in [-0.2, 0) is 6.37 Å². The molecule has 0 aliphatic heterocycles. The highest BCUT2D eigenvalue weighted by Gasteiger charge is 1.97. The lowest BCUT2D eigenvalue weighted by atomic mass is 10.0. The molecule has 0 saturated heterocycles. The van der Waals surface area contributed by atoms with Gasteiger partial charge < -0.3 is 0 Å². The molecule has 1 heterocycles. The van der Waals surface area contributed by atoms with Gasteiger partial charge in [-0.3, -0.25) is 0 Å². The highest BCUT2D eigenvalue weighted by Crippen LogP contribution is 2.11. The van der Waals surface area contributed by atoms with Crippen molar-refractivity contribution in [3.05, 3.63) is 28.5 Å². The molecule has 0 saturated carbocycles. The number of rotatable bonds is 2. The zero-order valence-corrected chi connectivity index (χ0v) is 7.14. The van der Waals surface area contributed by atoms with E-state index in [4.69, 9.17) is 12.3 Å². The van der Waals surface area contributed by atoms with Crippen LogP contribution >= 0.6 is 15.9 Å². The second-order valence-electron chi connectivity index (χ2n) is 1.87. The summed E-state index contributed by atoms with van der Waals surface area (Å²) >= 11 is 3.00. The van der Waals surface area contributed by atoms with Crippen LogP contribution in [0.2, 0.25) is 0 Å². The van der Waals surface area contributed by atoms with Crippen molar-refractivity contribution in [2.75, 3.05) is 0 Å². The summed E-state index contributed by atoms with van der Waals surface area (Å²) in [5.74, 6) is -3.30. The zero-order valence-electron chi connectivity index (χ0n) is 14.6. The van der Waals surface area contributed by atoms with E-state index >= 15 is 0 Å². The molecule has 0 atom stereocenters. The number of hydrogen-bond donors (Lipinski definition) is 0. The van der Waals surface area contributed by atoms with E-state index in [-0.39, 0.29) is 10.2 Å². The lowest BCUT2D eigenvalue weighted by Crippen LogP contribution is -1.93. The van der Waals surface area contributed by atoms with Gasteiger partial charge in [-0.1, -0.05) is 13.7 Å². The van der Waals surface area contributed by atoms with Gasteiger partial charge in [-0.2, -0.15) is 0 Å². The Bertz CT molecular complexity index is 479. The highest BCUT2D eigenvalue weighted by atomic mass is 79.9. The van der Waals surface area contributed by atoms with Crippen LogP contribution in [-0.4, -0.2) is 4.98 Å². The fourth-order valence-corrected chi connectivity index (χ4v) is 0.989. The van der Waals surface area contributed by atoms with Gasteiger partial charge in [0.2, 0.25) is 0 Å². The van der Waals surface area contributed by atoms with Crippen molar-refractivity contribution in [2.24, 2.45) is 5.89 Å². The number of pyridine rings is 1. The second-order valence-corrected chi connectivity index (χ2v) is 2.68. The molecule has 0 N–H and O–H groups in total. The van der Waals surface area contributed by atoms with Gasteiger partial charge >= 0.3 is 0 Å². The summed E-state index contributed by atoms with van der Waals surface area (Å²) in [6.45, 7) is -6.67. The van der Waals surface area contributed by atoms with Crippen molar-refractivity contribution in [1.29, 1.82) is 0 Å². The largest absolute Gasteiger partial charge is 0.249 e. The first kappa shape index (κ1) is 2.56. The fraction of sp³-hybridized carbons (Fsp3) is 0.444. The maximum atomic E-state index is 7.94. The molecule has 1 aromatic heterocycles. The molecule has 0 aliphatic carbocycles. The van der Waals surface area contributed by atoms with Gasteiger partial charge in [0.15, 0.2) is 0 Å². The van der Waals surface area contributed by atoms with E-state index < -0.39 is 26.0 Å². The smallest absolute Gasteiger partial charge is 0.106 e. The lowest BCUT2D eigenvalue weighted by molar-refractivity contribution is 0.646. The van der Waals surface area contributed by atoms with E-state index in [1.54, 1.807) is 0 Å². The van der Waals surface area contributed by atoms with E-state index in [0.717, 1.165) is 6.07 Å². The van der Waals surface area contributed by atoms with Crippen LogP contribution in [0.4, 0.5) is 0 Å². The Kier molecular flexibility index (Phi) is 0.898. The first-order valence-corrected chi connectivity index (χ1v) is 3.66. The van der Waals surface area contributed by atoms with Crippen LogP contribution in [0.25, 0.3) is 0 Å². The third-order valence-corrected chi connectivity index (χ3v) is 1.43. The van der Waals surface area contributed by atoms with Gasteiger partial charge in [-0.05, 0) is 45.9 Å². The predicted molar refractivity (Wildman–Crippen MR) is 50.5 cm³/mol. The van der Waals surface area contributed by atoms with Crippen LogP contribution in [0.1, 0.15) is 31.6 Å². The molecule has 1 aromatic rings. The third kappa shape index (κ3) is 3.02. The molecule has 0 spiro atoms. The van der Waals surface area contributed by atoms with Crippen molar-refractivity contribution in [3.63, 3.8) is 0 Å². The van der Waals surface area contributed by atoms with Crippen molar-refractivity contribution >= 4 is 15.9 Å². The molecule has 0 aromatic carbocycles. The van der Waals surface area contributed by atoms with Crippen molar-refractivity contribution in [2.45, 2.75) is 20.1 Å². The van der Waals surface area contributed by atoms with Crippen LogP contribution in [0.5, 0.6) is 0 Å². The van der Waals surface area contributed by atoms with Crippen molar-refractivity contribution < 1.29 is 12.3 Å². The minimum absolute atomic E-state index is 0.220. The van der Waals surface area contributed by atoms with E-state index in [0.29, 0.717) is 0 Å². The molecule has 0 radical (unpaired) electrons. The van der Waals surface area contributed by atoms with Gasteiger partial charge in [-0.25, -0.2) is 4.98 Å². The van der Waals surface area contributed by atoms with Gasteiger partial charge in [0.1, 0.15) is 4.60 Å². The molecule has 0 bridgehead atoms. The maximum absolute atomic E-state index is 7.94. The Labute approximate surface area is 88.6 Å². The van der Waals surface area contributed by atoms with Crippen LogP contribution < -0.4 is 0 Å². The normalized spacial score (nSPS) is 27.2. The Balaban J connectivity index is 3.56. The first-order chi connectivity index (χ1) is 8.75. The molecule has 11 heavy (non-hydrogen) atoms. The van der Waals surface area contributed by atoms with Crippen LogP contribution in [0.3, 0.4) is 0 Å². The van der Waals surface area contributed by atoms with Gasteiger partial charge in [0.05, 0.1) is 0 Å². The quantitative estimate of drug-likeness (QED) is 0.702. The minimum atomic E-state index is -3.34. The monoisotopic (exact) mass is 222 g/mol. The summed E-state index contributed by atoms with van der Waals surface area (Å²) in [6, 6.07) is 2.33. The van der Waals surface area contributed by atoms with E-state index in [2.05, 4.69) is 20.9 Å². The van der Waals surface area contributed by atoms with E-state index in [1.807, 2.05) is 0 Å². The summed E-state index contributed by atoms with van der Waals surface area (Å²) in [7, 11) is 0. The number of nitrogens with zero attached hydrogens (tertiary/aromatic N) is 1. The second kappa shape index (κ2) is 3.86. The zero-order chi connectivity index (χ0) is 16.0. The Morgan fingerprint density at radius 1 is 1.91 bits per heavy atom. The van der Waals surface area contributed by atoms with Crippen molar-refractivity contribution in [1.82, 2.24) is 4.98 Å². The summed E-state index contributed by atoms with van der Waals surface area (Å²) in [5.41, 5.74) is -0.235. The topological polar surface area (TPSA) is 12.9 Å². The molecule has 1 rings (SSSR count). The Morgan fingerprint density at radius 3 is 3.36 bits per heavy atom. The van der Waals surface area contributed by atoms with Crippen molar-refractivity contribution in [3.8, 4) is 0 Å². The highest BCUT2D eigenvalue weighted by molar-refractivity contribution is 9.10. The third-order valence-electron chi connectivity index (χ3n) is 0.996. The van der Waals surface area contributed by atoms with Crippen LogP contribution in [0.15, 0.2) is 22.9 Å². The number of halogens is 1.